The molecule has 1 aliphatic rings. The Kier molecular flexibility index (Phi) is 4.68. The minimum Gasteiger partial charge on any atom is -0.481 e. The van der Waals surface area contributed by atoms with Crippen LogP contribution in [0.3, 0.4) is 0 Å². The number of carbonyl (C=O) groups is 1. The van der Waals surface area contributed by atoms with Gasteiger partial charge in [-0.2, -0.15) is 0 Å². The first kappa shape index (κ1) is 18.1. The van der Waals surface area contributed by atoms with E-state index in [4.69, 9.17) is 11.6 Å². The van der Waals surface area contributed by atoms with E-state index in [9.17, 15) is 14.3 Å². The molecule has 2 unspecified atom stereocenters. The number of carboxylic acid groups (broad SMARTS) is 1. The fourth-order valence-electron chi connectivity index (χ4n) is 4.52. The molecule has 5 heteroatoms. The fraction of sp³-hybridized carbons (Fsp3) is 0.318. The Labute approximate surface area is 162 Å². The van der Waals surface area contributed by atoms with Crippen molar-refractivity contribution in [2.75, 3.05) is 0 Å². The highest BCUT2D eigenvalue weighted by Gasteiger charge is 2.31. The first-order valence-corrected chi connectivity index (χ1v) is 9.63. The lowest BCUT2D eigenvalue weighted by atomic mass is 9.84. The topological polar surface area (TPSA) is 42.2 Å². The highest BCUT2D eigenvalue weighted by atomic mass is 35.5. The van der Waals surface area contributed by atoms with Gasteiger partial charge in [-0.1, -0.05) is 29.8 Å². The highest BCUT2D eigenvalue weighted by Crippen LogP contribution is 2.43. The molecular formula is C22H21ClFNO2. The van der Waals surface area contributed by atoms with Crippen molar-refractivity contribution in [2.45, 2.75) is 44.6 Å². The van der Waals surface area contributed by atoms with Gasteiger partial charge in [-0.3, -0.25) is 4.79 Å². The van der Waals surface area contributed by atoms with Gasteiger partial charge in [0.15, 0.2) is 0 Å². The normalized spacial score (nSPS) is 17.7. The van der Waals surface area contributed by atoms with Crippen molar-refractivity contribution in [2.24, 2.45) is 0 Å². The smallest absolute Gasteiger partial charge is 0.304 e. The van der Waals surface area contributed by atoms with Crippen molar-refractivity contribution in [3.05, 3.63) is 70.1 Å². The summed E-state index contributed by atoms with van der Waals surface area (Å²) in [6.45, 7) is 2.07. The van der Waals surface area contributed by atoms with Crippen LogP contribution in [0.4, 0.5) is 4.39 Å². The molecule has 3 aromatic rings. The number of hydrogen-bond acceptors (Lipinski definition) is 1. The van der Waals surface area contributed by atoms with E-state index in [2.05, 4.69) is 11.5 Å². The molecule has 0 saturated carbocycles. The summed E-state index contributed by atoms with van der Waals surface area (Å²) in [4.78, 5) is 11.5. The van der Waals surface area contributed by atoms with E-state index in [1.54, 1.807) is 12.1 Å². The van der Waals surface area contributed by atoms with E-state index in [1.807, 2.05) is 24.3 Å². The molecule has 0 radical (unpaired) electrons. The van der Waals surface area contributed by atoms with Crippen molar-refractivity contribution in [3.8, 4) is 0 Å². The molecule has 1 N–H and O–H groups in total. The van der Waals surface area contributed by atoms with Crippen LogP contribution in [0.15, 0.2) is 42.5 Å². The maximum atomic E-state index is 14.0. The van der Waals surface area contributed by atoms with Crippen LogP contribution in [-0.4, -0.2) is 15.6 Å². The van der Waals surface area contributed by atoms with E-state index < -0.39 is 5.97 Å². The van der Waals surface area contributed by atoms with Crippen LogP contribution in [0.5, 0.6) is 0 Å². The third-order valence-electron chi connectivity index (χ3n) is 5.64. The molecule has 0 bridgehead atoms. The van der Waals surface area contributed by atoms with Gasteiger partial charge in [0.25, 0.3) is 0 Å². The standard InChI is InChI=1S/C22H21ClFNO2/c1-13(16-6-2-3-8-19(16)23)25-20-10-9-15(24)12-18(20)17-7-4-5-14(22(17)25)11-21(26)27/h2-3,6,8-10,12-14H,4-5,7,11H2,1H3,(H,26,27). The number of nitrogens with zero attached hydrogens (tertiary/aromatic N) is 1. The number of aryl methyl sites for hydroxylation is 1. The van der Waals surface area contributed by atoms with E-state index in [1.165, 1.54) is 6.07 Å². The van der Waals surface area contributed by atoms with Crippen LogP contribution >= 0.6 is 11.6 Å². The zero-order valence-corrected chi connectivity index (χ0v) is 15.8. The summed E-state index contributed by atoms with van der Waals surface area (Å²) in [5, 5.41) is 11.0. The van der Waals surface area contributed by atoms with Crippen LogP contribution in [-0.2, 0) is 11.2 Å². The highest BCUT2D eigenvalue weighted by molar-refractivity contribution is 6.31. The zero-order chi connectivity index (χ0) is 19.1. The minimum absolute atomic E-state index is 0.0772. The van der Waals surface area contributed by atoms with Crippen LogP contribution in [0.2, 0.25) is 5.02 Å². The Balaban J connectivity index is 1.98. The molecule has 1 heterocycles. The number of aromatic nitrogens is 1. The number of benzene rings is 2. The third kappa shape index (κ3) is 3.12. The maximum Gasteiger partial charge on any atom is 0.304 e. The van der Waals surface area contributed by atoms with Crippen molar-refractivity contribution in [3.63, 3.8) is 0 Å². The molecule has 0 spiro atoms. The summed E-state index contributed by atoms with van der Waals surface area (Å²) in [6, 6.07) is 12.5. The maximum absolute atomic E-state index is 14.0. The molecule has 0 aliphatic heterocycles. The number of aliphatic carboxylic acids is 1. The molecule has 27 heavy (non-hydrogen) atoms. The van der Waals surface area contributed by atoms with Gasteiger partial charge in [0.05, 0.1) is 12.5 Å². The summed E-state index contributed by atoms with van der Waals surface area (Å²) in [6.07, 6.45) is 2.67. The fourth-order valence-corrected chi connectivity index (χ4v) is 4.81. The lowest BCUT2D eigenvalue weighted by molar-refractivity contribution is -0.137. The second-order valence-electron chi connectivity index (χ2n) is 7.28. The predicted molar refractivity (Wildman–Crippen MR) is 105 cm³/mol. The molecule has 0 fully saturated rings. The van der Waals surface area contributed by atoms with Gasteiger partial charge >= 0.3 is 5.97 Å². The summed E-state index contributed by atoms with van der Waals surface area (Å²) in [7, 11) is 0. The van der Waals surface area contributed by atoms with E-state index in [-0.39, 0.29) is 24.2 Å². The second kappa shape index (κ2) is 7.01. The summed E-state index contributed by atoms with van der Waals surface area (Å²) in [5.74, 6) is -1.15. The molecule has 1 aromatic heterocycles. The van der Waals surface area contributed by atoms with E-state index in [0.29, 0.717) is 5.02 Å². The molecule has 0 amide bonds. The zero-order valence-electron chi connectivity index (χ0n) is 15.1. The lowest BCUT2D eigenvalue weighted by Gasteiger charge is -2.28. The Bertz CT molecular complexity index is 1030. The number of hydrogen-bond donors (Lipinski definition) is 1. The molecule has 0 saturated heterocycles. The average Bonchev–Trinajstić information content (AvgIpc) is 2.96. The first-order chi connectivity index (χ1) is 13.0. The van der Waals surface area contributed by atoms with Gasteiger partial charge in [0.2, 0.25) is 0 Å². The quantitative estimate of drug-likeness (QED) is 0.604. The molecule has 3 nitrogen and oxygen atoms in total. The molecule has 140 valence electrons. The van der Waals surface area contributed by atoms with Gasteiger partial charge in [0.1, 0.15) is 5.82 Å². The molecule has 2 atom stereocenters. The largest absolute Gasteiger partial charge is 0.481 e. The Hall–Kier alpha value is -2.33. The Morgan fingerprint density at radius 2 is 2.11 bits per heavy atom. The summed E-state index contributed by atoms with van der Waals surface area (Å²) in [5.41, 5.74) is 4.02. The van der Waals surface area contributed by atoms with Gasteiger partial charge in [-0.05, 0) is 61.6 Å². The van der Waals surface area contributed by atoms with Crippen LogP contribution in [0.1, 0.15) is 55.0 Å². The Morgan fingerprint density at radius 3 is 2.85 bits per heavy atom. The number of halogens is 2. The van der Waals surface area contributed by atoms with Gasteiger partial charge in [-0.25, -0.2) is 4.39 Å². The average molecular weight is 386 g/mol. The summed E-state index contributed by atoms with van der Waals surface area (Å²) >= 11 is 6.45. The monoisotopic (exact) mass is 385 g/mol. The number of rotatable bonds is 4. The van der Waals surface area contributed by atoms with Gasteiger partial charge < -0.3 is 9.67 Å². The predicted octanol–water partition coefficient (Wildman–Crippen LogP) is 5.94. The molecule has 2 aromatic carbocycles. The molecular weight excluding hydrogens is 365 g/mol. The third-order valence-corrected chi connectivity index (χ3v) is 5.99. The summed E-state index contributed by atoms with van der Waals surface area (Å²) < 4.78 is 16.2. The SMILES string of the molecule is CC(c1ccccc1Cl)n1c2c(c3cc(F)ccc31)CCCC2CC(=O)O. The molecule has 4 rings (SSSR count). The Morgan fingerprint density at radius 1 is 1.33 bits per heavy atom. The minimum atomic E-state index is -0.804. The van der Waals surface area contributed by atoms with Gasteiger partial charge in [0, 0.05) is 27.5 Å². The second-order valence-corrected chi connectivity index (χ2v) is 7.69. The first-order valence-electron chi connectivity index (χ1n) is 9.25. The van der Waals surface area contributed by atoms with Crippen LogP contribution in [0.25, 0.3) is 10.9 Å². The van der Waals surface area contributed by atoms with Crippen molar-refractivity contribution in [1.82, 2.24) is 4.57 Å². The van der Waals surface area contributed by atoms with Gasteiger partial charge in [-0.15, -0.1) is 0 Å². The van der Waals surface area contributed by atoms with Crippen LogP contribution < -0.4 is 0 Å². The van der Waals surface area contributed by atoms with E-state index in [0.717, 1.165) is 47.0 Å². The number of carboxylic acids is 1. The van der Waals surface area contributed by atoms with Crippen LogP contribution in [0, 0.1) is 5.82 Å². The number of fused-ring (bicyclic) bond motifs is 3. The van der Waals surface area contributed by atoms with Crippen molar-refractivity contribution in [1.29, 1.82) is 0 Å². The lowest BCUT2D eigenvalue weighted by Crippen LogP contribution is -2.19. The van der Waals surface area contributed by atoms with E-state index >= 15 is 0 Å². The van der Waals surface area contributed by atoms with Crippen molar-refractivity contribution >= 4 is 28.5 Å². The van der Waals surface area contributed by atoms with Crippen molar-refractivity contribution < 1.29 is 14.3 Å². The molecule has 1 aliphatic carbocycles.